The van der Waals surface area contributed by atoms with Crippen molar-refractivity contribution in [2.24, 2.45) is 0 Å². The minimum absolute atomic E-state index is 0.0309. The van der Waals surface area contributed by atoms with Gasteiger partial charge in [-0.2, -0.15) is 10.2 Å². The first kappa shape index (κ1) is 29.0. The van der Waals surface area contributed by atoms with Crippen LogP contribution in [0.15, 0.2) is 17.1 Å². The summed E-state index contributed by atoms with van der Waals surface area (Å²) < 4.78 is 33.2. The average Bonchev–Trinajstić information content (AvgIpc) is 3.04. The zero-order chi connectivity index (χ0) is 27.1. The Morgan fingerprint density at radius 1 is 1.17 bits per heavy atom. The lowest BCUT2D eigenvalue weighted by Gasteiger charge is -2.51. The molecule has 1 aromatic heterocycles. The van der Waals surface area contributed by atoms with Gasteiger partial charge in [-0.3, -0.25) is 4.57 Å². The molecule has 0 spiro atoms. The molecule has 2 fully saturated rings. The van der Waals surface area contributed by atoms with Gasteiger partial charge in [0.2, 0.25) is 5.88 Å². The first-order chi connectivity index (χ1) is 16.8. The second-order valence-electron chi connectivity index (χ2n) is 10.8. The molecule has 4 atom stereocenters. The van der Waals surface area contributed by atoms with Gasteiger partial charge in [-0.15, -0.1) is 0 Å². The summed E-state index contributed by atoms with van der Waals surface area (Å²) in [5, 5.41) is 21.9. The SMILES string of the molecule is CCOc1ccn(C2(C#N)OC3CO[Si](C(C)C)(C(C)C)O[Si](C(C)C)(C(C)C)OC3C2O)c(=O)n1. The first-order valence-corrected chi connectivity index (χ1v) is 16.8. The van der Waals surface area contributed by atoms with E-state index < -0.39 is 46.8 Å². The molecule has 3 heterocycles. The number of rotatable bonds is 7. The fraction of sp³-hybridized carbons (Fsp3) is 0.792. The number of aromatic nitrogens is 2. The Hall–Kier alpha value is -1.60. The van der Waals surface area contributed by atoms with Crippen LogP contribution in [-0.2, 0) is 23.4 Å². The molecular formula is C24H41N3O7Si2. The van der Waals surface area contributed by atoms with Gasteiger partial charge in [0.05, 0.1) is 13.2 Å². The van der Waals surface area contributed by atoms with E-state index in [4.69, 9.17) is 22.4 Å². The third kappa shape index (κ3) is 4.59. The van der Waals surface area contributed by atoms with E-state index in [0.29, 0.717) is 6.61 Å². The smallest absolute Gasteiger partial charge is 0.354 e. The van der Waals surface area contributed by atoms with Crippen molar-refractivity contribution in [1.82, 2.24) is 9.55 Å². The monoisotopic (exact) mass is 539 g/mol. The second-order valence-corrected chi connectivity index (χ2v) is 19.7. The van der Waals surface area contributed by atoms with Crippen LogP contribution in [0.2, 0.25) is 22.2 Å². The van der Waals surface area contributed by atoms with Crippen molar-refractivity contribution in [2.75, 3.05) is 13.2 Å². The number of hydrogen-bond acceptors (Lipinski definition) is 9. The van der Waals surface area contributed by atoms with Crippen LogP contribution in [-0.4, -0.2) is 63.3 Å². The van der Waals surface area contributed by atoms with Crippen LogP contribution in [0.4, 0.5) is 0 Å². The molecule has 0 saturated carbocycles. The van der Waals surface area contributed by atoms with Crippen molar-refractivity contribution in [3.63, 3.8) is 0 Å². The molecule has 0 bridgehead atoms. The van der Waals surface area contributed by atoms with E-state index in [9.17, 15) is 15.2 Å². The van der Waals surface area contributed by atoms with Crippen molar-refractivity contribution in [2.45, 2.75) is 109 Å². The van der Waals surface area contributed by atoms with E-state index in [2.05, 4.69) is 60.4 Å². The molecule has 1 N–H and O–H groups in total. The third-order valence-electron chi connectivity index (χ3n) is 7.33. The number of hydrogen-bond donors (Lipinski definition) is 1. The van der Waals surface area contributed by atoms with Crippen LogP contribution in [0.5, 0.6) is 5.88 Å². The van der Waals surface area contributed by atoms with E-state index in [0.717, 1.165) is 4.57 Å². The molecule has 0 aliphatic carbocycles. The Morgan fingerprint density at radius 3 is 2.22 bits per heavy atom. The van der Waals surface area contributed by atoms with Crippen molar-refractivity contribution in [3.8, 4) is 11.9 Å². The molecule has 0 aromatic carbocycles. The van der Waals surface area contributed by atoms with E-state index >= 15 is 0 Å². The van der Waals surface area contributed by atoms with E-state index in [1.54, 1.807) is 6.92 Å². The van der Waals surface area contributed by atoms with Gasteiger partial charge in [0.25, 0.3) is 5.72 Å². The number of ether oxygens (including phenoxy) is 2. The highest BCUT2D eigenvalue weighted by Gasteiger charge is 2.65. The van der Waals surface area contributed by atoms with Gasteiger partial charge in [0.15, 0.2) is 0 Å². The highest BCUT2D eigenvalue weighted by molar-refractivity contribution is 6.84. The van der Waals surface area contributed by atoms with Crippen LogP contribution in [0.3, 0.4) is 0 Å². The summed E-state index contributed by atoms with van der Waals surface area (Å²) in [7, 11) is -5.89. The topological polar surface area (TPSA) is 125 Å². The molecule has 3 rings (SSSR count). The van der Waals surface area contributed by atoms with E-state index in [1.807, 2.05) is 6.07 Å². The van der Waals surface area contributed by atoms with Crippen molar-refractivity contribution in [1.29, 1.82) is 5.26 Å². The maximum absolute atomic E-state index is 12.9. The first-order valence-electron chi connectivity index (χ1n) is 12.8. The summed E-state index contributed by atoms with van der Waals surface area (Å²) in [6.07, 6.45) is -1.82. The van der Waals surface area contributed by atoms with E-state index in [-0.39, 0.29) is 34.7 Å². The van der Waals surface area contributed by atoms with Crippen LogP contribution >= 0.6 is 0 Å². The molecule has 202 valence electrons. The number of aliphatic hydroxyl groups excluding tert-OH is 1. The minimum Gasteiger partial charge on any atom is -0.478 e. The van der Waals surface area contributed by atoms with Crippen molar-refractivity contribution >= 4 is 17.1 Å². The fourth-order valence-corrected chi connectivity index (χ4v) is 16.6. The van der Waals surface area contributed by atoms with Crippen LogP contribution in [0, 0.1) is 11.3 Å². The predicted molar refractivity (Wildman–Crippen MR) is 138 cm³/mol. The van der Waals surface area contributed by atoms with Gasteiger partial charge in [0, 0.05) is 12.3 Å². The summed E-state index contributed by atoms with van der Waals surface area (Å²) in [5.74, 6) is 0.133. The summed E-state index contributed by atoms with van der Waals surface area (Å²) >= 11 is 0. The van der Waals surface area contributed by atoms with Crippen molar-refractivity contribution in [3.05, 3.63) is 22.7 Å². The van der Waals surface area contributed by atoms with Gasteiger partial charge in [-0.1, -0.05) is 55.4 Å². The highest BCUT2D eigenvalue weighted by Crippen LogP contribution is 2.49. The molecule has 10 nitrogen and oxygen atoms in total. The molecule has 2 saturated heterocycles. The summed E-state index contributed by atoms with van der Waals surface area (Å²) in [6.45, 7) is 18.9. The van der Waals surface area contributed by atoms with Crippen LogP contribution in [0.25, 0.3) is 0 Å². The van der Waals surface area contributed by atoms with E-state index in [1.165, 1.54) is 12.3 Å². The third-order valence-corrected chi connectivity index (χ3v) is 17.6. The highest BCUT2D eigenvalue weighted by atomic mass is 28.5. The normalized spacial score (nSPS) is 29.8. The number of nitriles is 1. The summed E-state index contributed by atoms with van der Waals surface area (Å²) in [6, 6.07) is 3.52. The Morgan fingerprint density at radius 2 is 1.75 bits per heavy atom. The van der Waals surface area contributed by atoms with Gasteiger partial charge in [-0.25, -0.2) is 4.79 Å². The maximum Gasteiger partial charge on any atom is 0.354 e. The van der Waals surface area contributed by atoms with Gasteiger partial charge >= 0.3 is 22.8 Å². The number of fused-ring (bicyclic) bond motifs is 1. The van der Waals surface area contributed by atoms with Crippen LogP contribution < -0.4 is 10.4 Å². The standard InChI is InChI=1S/C24H41N3O7Si2/c1-10-30-20-11-12-27(23(29)26-20)24(14-25)22(28)21-19(32-24)13-31-35(15(2)3,16(4)5)34-36(33-21,17(6)7)18(8)9/h11-12,15-19,21-22,28H,10,13H2,1-9H3. The molecule has 4 unspecified atom stereocenters. The minimum atomic E-state index is -3.05. The Balaban J connectivity index is 2.15. The molecule has 0 amide bonds. The lowest BCUT2D eigenvalue weighted by Crippen LogP contribution is -2.66. The van der Waals surface area contributed by atoms with Crippen LogP contribution in [0.1, 0.15) is 62.3 Å². The molecule has 1 aromatic rings. The zero-order valence-corrected chi connectivity index (χ0v) is 24.8. The Bertz CT molecular complexity index is 1010. The maximum atomic E-state index is 12.9. The van der Waals surface area contributed by atoms with Gasteiger partial charge < -0.3 is 27.5 Å². The van der Waals surface area contributed by atoms with Crippen molar-refractivity contribution < 1.29 is 27.5 Å². The van der Waals surface area contributed by atoms with Gasteiger partial charge in [-0.05, 0) is 29.1 Å². The zero-order valence-electron chi connectivity index (χ0n) is 22.8. The largest absolute Gasteiger partial charge is 0.478 e. The fourth-order valence-electron chi connectivity index (χ4n) is 5.42. The quantitative estimate of drug-likeness (QED) is 0.518. The average molecular weight is 540 g/mol. The van der Waals surface area contributed by atoms with Gasteiger partial charge in [0.1, 0.15) is 24.4 Å². The number of aliphatic hydroxyl groups is 1. The molecule has 36 heavy (non-hydrogen) atoms. The molecular weight excluding hydrogens is 498 g/mol. The Labute approximate surface area is 216 Å². The lowest BCUT2D eigenvalue weighted by molar-refractivity contribution is -0.109. The molecule has 2 aliphatic rings. The Kier molecular flexibility index (Phi) is 8.56. The molecule has 2 aliphatic heterocycles. The summed E-state index contributed by atoms with van der Waals surface area (Å²) in [4.78, 5) is 16.8. The molecule has 0 radical (unpaired) electrons. The lowest BCUT2D eigenvalue weighted by atomic mass is 10.0. The summed E-state index contributed by atoms with van der Waals surface area (Å²) in [5.41, 5.74) is -2.48. The number of nitrogens with zero attached hydrogens (tertiary/aromatic N) is 3. The molecule has 12 heteroatoms. The second kappa shape index (κ2) is 10.6. The predicted octanol–water partition coefficient (Wildman–Crippen LogP) is 3.53.